The lowest BCUT2D eigenvalue weighted by atomic mass is 10.0. The first kappa shape index (κ1) is 16.8. The Bertz CT molecular complexity index is 1120. The van der Waals surface area contributed by atoms with Crippen molar-refractivity contribution in [2.75, 3.05) is 19.5 Å². The Morgan fingerprint density at radius 3 is 2.56 bits per heavy atom. The first-order valence-electron chi connectivity index (χ1n) is 8.30. The number of ether oxygens (including phenoxy) is 1. The van der Waals surface area contributed by atoms with Crippen LogP contribution in [-0.4, -0.2) is 34.3 Å². The molecule has 0 radical (unpaired) electrons. The smallest absolute Gasteiger partial charge is 0.163 e. The molecule has 4 rings (SSSR count). The highest BCUT2D eigenvalue weighted by atomic mass is 19.1. The molecule has 2 heterocycles. The second-order valence-electron chi connectivity index (χ2n) is 5.83. The van der Waals surface area contributed by atoms with Crippen LogP contribution in [-0.2, 0) is 0 Å². The summed E-state index contributed by atoms with van der Waals surface area (Å²) in [6.07, 6.45) is 3.18. The van der Waals surface area contributed by atoms with Crippen LogP contribution >= 0.6 is 0 Å². The van der Waals surface area contributed by atoms with Crippen LogP contribution in [0.1, 0.15) is 0 Å². The summed E-state index contributed by atoms with van der Waals surface area (Å²) in [7, 11) is 3.34. The first-order chi connectivity index (χ1) is 13.2. The van der Waals surface area contributed by atoms with Gasteiger partial charge in [-0.3, -0.25) is 0 Å². The fraction of sp³-hybridized carbons (Fsp3) is 0.100. The van der Waals surface area contributed by atoms with Crippen molar-refractivity contribution in [1.82, 2.24) is 20.2 Å². The van der Waals surface area contributed by atoms with Gasteiger partial charge in [0.15, 0.2) is 5.82 Å². The molecule has 0 fully saturated rings. The number of nitrogens with zero attached hydrogens (tertiary/aromatic N) is 4. The summed E-state index contributed by atoms with van der Waals surface area (Å²) in [6, 6.07) is 12.0. The summed E-state index contributed by atoms with van der Waals surface area (Å²) >= 11 is 0. The highest BCUT2D eigenvalue weighted by molar-refractivity contribution is 5.97. The average Bonchev–Trinajstić information content (AvgIpc) is 2.73. The van der Waals surface area contributed by atoms with E-state index in [0.717, 1.165) is 10.9 Å². The van der Waals surface area contributed by atoms with Gasteiger partial charge in [-0.05, 0) is 29.8 Å². The van der Waals surface area contributed by atoms with Crippen LogP contribution in [0, 0.1) is 5.82 Å². The summed E-state index contributed by atoms with van der Waals surface area (Å²) in [5, 5.41) is 11.5. The summed E-state index contributed by atoms with van der Waals surface area (Å²) in [5.41, 5.74) is 2.55. The van der Waals surface area contributed by atoms with Crippen molar-refractivity contribution in [2.24, 2.45) is 0 Å². The first-order valence-corrected chi connectivity index (χ1v) is 8.30. The van der Waals surface area contributed by atoms with Gasteiger partial charge < -0.3 is 10.1 Å². The number of hydrogen-bond donors (Lipinski definition) is 1. The van der Waals surface area contributed by atoms with E-state index in [1.54, 1.807) is 56.9 Å². The van der Waals surface area contributed by atoms with Gasteiger partial charge in [-0.2, -0.15) is 10.2 Å². The molecule has 0 amide bonds. The second-order valence-corrected chi connectivity index (χ2v) is 5.83. The highest BCUT2D eigenvalue weighted by Crippen LogP contribution is 2.36. The summed E-state index contributed by atoms with van der Waals surface area (Å²) in [5.74, 6) is 1.35. The highest BCUT2D eigenvalue weighted by Gasteiger charge is 2.16. The SMILES string of the molecule is CNc1nc(-c2ccnnc2)nc2c(OC)cc(-c3ccccc3F)cc12. The van der Waals surface area contributed by atoms with Gasteiger partial charge >= 0.3 is 0 Å². The third-order valence-corrected chi connectivity index (χ3v) is 4.25. The molecule has 0 aliphatic carbocycles. The zero-order valence-electron chi connectivity index (χ0n) is 14.8. The number of aromatic nitrogens is 4. The fourth-order valence-electron chi connectivity index (χ4n) is 2.95. The second kappa shape index (κ2) is 6.95. The van der Waals surface area contributed by atoms with Crippen molar-refractivity contribution >= 4 is 16.7 Å². The molecule has 0 saturated carbocycles. The molecular formula is C20H16FN5O. The van der Waals surface area contributed by atoms with Crippen molar-refractivity contribution in [3.05, 3.63) is 60.7 Å². The Kier molecular flexibility index (Phi) is 4.33. The lowest BCUT2D eigenvalue weighted by molar-refractivity contribution is 0.419. The molecule has 2 aromatic heterocycles. The molecule has 7 heteroatoms. The van der Waals surface area contributed by atoms with Crippen LogP contribution in [0.25, 0.3) is 33.4 Å². The number of fused-ring (bicyclic) bond motifs is 1. The predicted molar refractivity (Wildman–Crippen MR) is 102 cm³/mol. The van der Waals surface area contributed by atoms with Crippen LogP contribution < -0.4 is 10.1 Å². The van der Waals surface area contributed by atoms with Crippen LogP contribution in [0.4, 0.5) is 10.2 Å². The molecule has 1 N–H and O–H groups in total. The number of hydrogen-bond acceptors (Lipinski definition) is 6. The monoisotopic (exact) mass is 361 g/mol. The topological polar surface area (TPSA) is 72.8 Å². The number of anilines is 1. The lowest BCUT2D eigenvalue weighted by Gasteiger charge is -2.13. The van der Waals surface area contributed by atoms with Crippen LogP contribution in [0.2, 0.25) is 0 Å². The average molecular weight is 361 g/mol. The van der Waals surface area contributed by atoms with E-state index in [1.807, 2.05) is 6.07 Å². The predicted octanol–water partition coefficient (Wildman–Crippen LogP) is 3.94. The fourth-order valence-corrected chi connectivity index (χ4v) is 2.95. The minimum absolute atomic E-state index is 0.301. The molecule has 0 aliphatic heterocycles. The Hall–Kier alpha value is -3.61. The van der Waals surface area contributed by atoms with E-state index in [4.69, 9.17) is 4.74 Å². The van der Waals surface area contributed by atoms with Gasteiger partial charge in [0.05, 0.1) is 19.5 Å². The number of nitrogens with one attached hydrogen (secondary N) is 1. The van der Waals surface area contributed by atoms with E-state index >= 15 is 0 Å². The van der Waals surface area contributed by atoms with E-state index in [0.29, 0.717) is 34.0 Å². The quantitative estimate of drug-likeness (QED) is 0.593. The maximum atomic E-state index is 14.3. The lowest BCUT2D eigenvalue weighted by Crippen LogP contribution is -2.01. The summed E-state index contributed by atoms with van der Waals surface area (Å²) in [6.45, 7) is 0. The van der Waals surface area contributed by atoms with E-state index in [2.05, 4.69) is 25.5 Å². The standard InChI is InChI=1S/C20H16FN5O/c1-22-20-15-9-13(14-5-3-4-6-16(14)21)10-17(27-2)18(15)25-19(26-20)12-7-8-23-24-11-12/h3-11H,1-2H3,(H,22,25,26). The van der Waals surface area contributed by atoms with Gasteiger partial charge in [0, 0.05) is 23.6 Å². The normalized spacial score (nSPS) is 10.8. The number of methoxy groups -OCH3 is 1. The van der Waals surface area contributed by atoms with Gasteiger partial charge in [0.25, 0.3) is 0 Å². The van der Waals surface area contributed by atoms with Gasteiger partial charge in [0.2, 0.25) is 0 Å². The zero-order valence-corrected chi connectivity index (χ0v) is 14.8. The van der Waals surface area contributed by atoms with Gasteiger partial charge in [0.1, 0.15) is 22.9 Å². The van der Waals surface area contributed by atoms with Crippen molar-refractivity contribution < 1.29 is 9.13 Å². The molecule has 0 saturated heterocycles. The number of halogens is 1. The van der Waals surface area contributed by atoms with E-state index in [9.17, 15) is 4.39 Å². The molecule has 27 heavy (non-hydrogen) atoms. The zero-order chi connectivity index (χ0) is 18.8. The Morgan fingerprint density at radius 1 is 1.00 bits per heavy atom. The van der Waals surface area contributed by atoms with E-state index in [1.165, 1.54) is 6.07 Å². The summed E-state index contributed by atoms with van der Waals surface area (Å²) in [4.78, 5) is 9.23. The summed E-state index contributed by atoms with van der Waals surface area (Å²) < 4.78 is 19.8. The molecule has 0 aliphatic rings. The number of benzene rings is 2. The molecule has 0 bridgehead atoms. The van der Waals surface area contributed by atoms with Gasteiger partial charge in [-0.15, -0.1) is 0 Å². The maximum Gasteiger partial charge on any atom is 0.163 e. The van der Waals surface area contributed by atoms with Gasteiger partial charge in [-0.25, -0.2) is 14.4 Å². The molecule has 0 spiro atoms. The molecule has 6 nitrogen and oxygen atoms in total. The third kappa shape index (κ3) is 3.03. The van der Waals surface area contributed by atoms with Crippen molar-refractivity contribution in [3.8, 4) is 28.3 Å². The van der Waals surface area contributed by atoms with Crippen LogP contribution in [0.3, 0.4) is 0 Å². The van der Waals surface area contributed by atoms with Crippen LogP contribution in [0.15, 0.2) is 54.9 Å². The minimum Gasteiger partial charge on any atom is -0.494 e. The Morgan fingerprint density at radius 2 is 1.85 bits per heavy atom. The van der Waals surface area contributed by atoms with Crippen molar-refractivity contribution in [3.63, 3.8) is 0 Å². The molecule has 0 atom stereocenters. The molecule has 134 valence electrons. The van der Waals surface area contributed by atoms with E-state index in [-0.39, 0.29) is 5.82 Å². The van der Waals surface area contributed by atoms with Crippen molar-refractivity contribution in [2.45, 2.75) is 0 Å². The largest absolute Gasteiger partial charge is 0.494 e. The van der Waals surface area contributed by atoms with Crippen molar-refractivity contribution in [1.29, 1.82) is 0 Å². The Balaban J connectivity index is 1.99. The van der Waals surface area contributed by atoms with E-state index < -0.39 is 0 Å². The molecular weight excluding hydrogens is 345 g/mol. The molecule has 4 aromatic rings. The molecule has 2 aromatic carbocycles. The number of rotatable bonds is 4. The third-order valence-electron chi connectivity index (χ3n) is 4.25. The van der Waals surface area contributed by atoms with Gasteiger partial charge in [-0.1, -0.05) is 18.2 Å². The minimum atomic E-state index is -0.301. The maximum absolute atomic E-state index is 14.3. The van der Waals surface area contributed by atoms with Crippen LogP contribution in [0.5, 0.6) is 5.75 Å². The Labute approximate surface area is 155 Å². The molecule has 0 unspecified atom stereocenters.